The molecule has 0 aliphatic rings. The van der Waals surface area contributed by atoms with Crippen molar-refractivity contribution in [2.24, 2.45) is 0 Å². The molecule has 4 nitrogen and oxygen atoms in total. The first kappa shape index (κ1) is 16.9. The first-order valence-electron chi connectivity index (χ1n) is 7.94. The van der Waals surface area contributed by atoms with Crippen LogP contribution in [0.3, 0.4) is 0 Å². The van der Waals surface area contributed by atoms with Crippen LogP contribution in [0.1, 0.15) is 16.7 Å². The van der Waals surface area contributed by atoms with Gasteiger partial charge in [-0.1, -0.05) is 36.4 Å². The molecule has 0 aliphatic carbocycles. The molecule has 0 heterocycles. The summed E-state index contributed by atoms with van der Waals surface area (Å²) in [5.41, 5.74) is 2.15. The van der Waals surface area contributed by atoms with Crippen LogP contribution in [0.4, 0.5) is 0 Å². The van der Waals surface area contributed by atoms with E-state index >= 15 is 0 Å². The van der Waals surface area contributed by atoms with Crippen molar-refractivity contribution in [3.63, 3.8) is 0 Å². The molecule has 0 atom stereocenters. The lowest BCUT2D eigenvalue weighted by Crippen LogP contribution is -2.34. The summed E-state index contributed by atoms with van der Waals surface area (Å²) in [6, 6.07) is 21.0. The van der Waals surface area contributed by atoms with E-state index in [1.54, 1.807) is 43.5 Å². The second-order valence-corrected chi connectivity index (χ2v) is 5.98. The minimum absolute atomic E-state index is 0.187. The van der Waals surface area contributed by atoms with Gasteiger partial charge in [0, 0.05) is 7.11 Å². The molecule has 3 aromatic rings. The Morgan fingerprint density at radius 2 is 0.880 bits per heavy atom. The third-order valence-electron chi connectivity index (χ3n) is 4.44. The second-order valence-electron chi connectivity index (χ2n) is 5.98. The normalized spacial score (nSPS) is 11.4. The average Bonchev–Trinajstić information content (AvgIpc) is 2.62. The molecule has 0 amide bonds. The number of rotatable bonds is 5. The maximum Gasteiger partial charge on any atom is 0.115 e. The van der Waals surface area contributed by atoms with Crippen LogP contribution in [0.2, 0.25) is 0 Å². The average molecular weight is 336 g/mol. The standard InChI is InChI=1S/C21H20O4/c1-25-14-21(15-2-8-18(22)9-3-15,16-4-10-19(23)11-5-16)17-6-12-20(24)13-7-17/h2-13,22-24H,14H2,1H3. The zero-order valence-corrected chi connectivity index (χ0v) is 13.9. The van der Waals surface area contributed by atoms with Gasteiger partial charge in [-0.15, -0.1) is 0 Å². The molecule has 4 heteroatoms. The van der Waals surface area contributed by atoms with Crippen molar-refractivity contribution in [3.05, 3.63) is 89.5 Å². The lowest BCUT2D eigenvalue weighted by atomic mass is 9.70. The van der Waals surface area contributed by atoms with E-state index in [0.717, 1.165) is 16.7 Å². The largest absolute Gasteiger partial charge is 0.508 e. The van der Waals surface area contributed by atoms with E-state index in [0.29, 0.717) is 6.61 Å². The Hall–Kier alpha value is -2.98. The molecule has 0 bridgehead atoms. The zero-order valence-electron chi connectivity index (χ0n) is 13.9. The molecule has 0 unspecified atom stereocenters. The number of hydrogen-bond acceptors (Lipinski definition) is 4. The van der Waals surface area contributed by atoms with Crippen LogP contribution >= 0.6 is 0 Å². The third kappa shape index (κ3) is 3.16. The van der Waals surface area contributed by atoms with Crippen LogP contribution in [-0.4, -0.2) is 29.0 Å². The Morgan fingerprint density at radius 1 is 0.600 bits per heavy atom. The summed E-state index contributed by atoms with van der Waals surface area (Å²) in [4.78, 5) is 0. The fourth-order valence-electron chi connectivity index (χ4n) is 3.20. The van der Waals surface area contributed by atoms with Crippen molar-refractivity contribution >= 4 is 0 Å². The topological polar surface area (TPSA) is 69.9 Å². The summed E-state index contributed by atoms with van der Waals surface area (Å²) in [5, 5.41) is 29.0. The van der Waals surface area contributed by atoms with Crippen LogP contribution in [0, 0.1) is 0 Å². The highest BCUT2D eigenvalue weighted by Gasteiger charge is 2.36. The van der Waals surface area contributed by atoms with Crippen molar-refractivity contribution < 1.29 is 20.1 Å². The number of hydrogen-bond donors (Lipinski definition) is 3. The lowest BCUT2D eigenvalue weighted by molar-refractivity contribution is 0.163. The van der Waals surface area contributed by atoms with Crippen molar-refractivity contribution in [2.75, 3.05) is 13.7 Å². The molecular weight excluding hydrogens is 316 g/mol. The van der Waals surface area contributed by atoms with E-state index < -0.39 is 5.41 Å². The molecule has 0 aromatic heterocycles. The number of phenols is 3. The Kier molecular flexibility index (Phi) is 4.63. The predicted octanol–water partition coefficient (Wildman–Crippen LogP) is 3.78. The van der Waals surface area contributed by atoms with E-state index in [1.165, 1.54) is 0 Å². The molecule has 0 aliphatic heterocycles. The Bertz CT molecular complexity index is 710. The SMILES string of the molecule is COCC(c1ccc(O)cc1)(c1ccc(O)cc1)c1ccc(O)cc1. The quantitative estimate of drug-likeness (QED) is 0.620. The van der Waals surface area contributed by atoms with Gasteiger partial charge in [0.1, 0.15) is 17.2 Å². The van der Waals surface area contributed by atoms with Crippen molar-refractivity contribution in [1.29, 1.82) is 0 Å². The molecule has 3 rings (SSSR count). The highest BCUT2D eigenvalue weighted by Crippen LogP contribution is 2.41. The molecule has 0 saturated carbocycles. The molecular formula is C21H20O4. The van der Waals surface area contributed by atoms with Gasteiger partial charge in [0.15, 0.2) is 0 Å². The van der Waals surface area contributed by atoms with Crippen LogP contribution in [0.5, 0.6) is 17.2 Å². The summed E-state index contributed by atoms with van der Waals surface area (Å²) in [5.74, 6) is 0.560. The van der Waals surface area contributed by atoms with Gasteiger partial charge < -0.3 is 20.1 Å². The van der Waals surface area contributed by atoms with E-state index in [9.17, 15) is 15.3 Å². The van der Waals surface area contributed by atoms with Crippen LogP contribution in [0.15, 0.2) is 72.8 Å². The highest BCUT2D eigenvalue weighted by molar-refractivity contribution is 5.53. The number of ether oxygens (including phenoxy) is 1. The molecule has 0 radical (unpaired) electrons. The predicted molar refractivity (Wildman–Crippen MR) is 96.1 cm³/mol. The van der Waals surface area contributed by atoms with Gasteiger partial charge in [-0.2, -0.15) is 0 Å². The summed E-state index contributed by atoms with van der Waals surface area (Å²) < 4.78 is 5.57. The highest BCUT2D eigenvalue weighted by atomic mass is 16.5. The van der Waals surface area contributed by atoms with Gasteiger partial charge in [-0.05, 0) is 53.1 Å². The molecule has 0 fully saturated rings. The van der Waals surface area contributed by atoms with Crippen molar-refractivity contribution in [3.8, 4) is 17.2 Å². The fraction of sp³-hybridized carbons (Fsp3) is 0.143. The Labute approximate surface area is 146 Å². The van der Waals surface area contributed by atoms with Crippen LogP contribution in [-0.2, 0) is 10.2 Å². The molecule has 0 saturated heterocycles. The summed E-state index contributed by atoms with van der Waals surface area (Å²) in [6.07, 6.45) is 0. The van der Waals surface area contributed by atoms with E-state index in [4.69, 9.17) is 4.74 Å². The minimum Gasteiger partial charge on any atom is -0.508 e. The van der Waals surface area contributed by atoms with Crippen LogP contribution < -0.4 is 0 Å². The van der Waals surface area contributed by atoms with E-state index in [1.807, 2.05) is 36.4 Å². The maximum atomic E-state index is 9.67. The summed E-state index contributed by atoms with van der Waals surface area (Å²) in [7, 11) is 1.63. The summed E-state index contributed by atoms with van der Waals surface area (Å²) in [6.45, 7) is 0.354. The van der Waals surface area contributed by atoms with Gasteiger partial charge in [0.05, 0.1) is 12.0 Å². The minimum atomic E-state index is -0.649. The molecule has 128 valence electrons. The molecule has 25 heavy (non-hydrogen) atoms. The first-order valence-corrected chi connectivity index (χ1v) is 7.94. The van der Waals surface area contributed by atoms with E-state index in [-0.39, 0.29) is 17.2 Å². The zero-order chi connectivity index (χ0) is 17.9. The number of aromatic hydroxyl groups is 3. The number of benzene rings is 3. The molecule has 3 N–H and O–H groups in total. The first-order chi connectivity index (χ1) is 12.1. The monoisotopic (exact) mass is 336 g/mol. The number of phenolic OH excluding ortho intramolecular Hbond substituents is 3. The van der Waals surface area contributed by atoms with Gasteiger partial charge in [0.2, 0.25) is 0 Å². The molecule has 3 aromatic carbocycles. The lowest BCUT2D eigenvalue weighted by Gasteiger charge is -2.35. The second kappa shape index (κ2) is 6.87. The Morgan fingerprint density at radius 3 is 1.12 bits per heavy atom. The van der Waals surface area contributed by atoms with Crippen LogP contribution in [0.25, 0.3) is 0 Å². The van der Waals surface area contributed by atoms with Crippen molar-refractivity contribution in [1.82, 2.24) is 0 Å². The summed E-state index contributed by atoms with van der Waals surface area (Å²) >= 11 is 0. The Balaban J connectivity index is 2.28. The van der Waals surface area contributed by atoms with Crippen molar-refractivity contribution in [2.45, 2.75) is 5.41 Å². The van der Waals surface area contributed by atoms with Gasteiger partial charge in [0.25, 0.3) is 0 Å². The maximum absolute atomic E-state index is 9.67. The van der Waals surface area contributed by atoms with E-state index in [2.05, 4.69) is 0 Å². The third-order valence-corrected chi connectivity index (χ3v) is 4.44. The fourth-order valence-corrected chi connectivity index (χ4v) is 3.20. The smallest absolute Gasteiger partial charge is 0.115 e. The van der Waals surface area contributed by atoms with Gasteiger partial charge in [-0.25, -0.2) is 0 Å². The van der Waals surface area contributed by atoms with Gasteiger partial charge >= 0.3 is 0 Å². The molecule has 0 spiro atoms. The number of methoxy groups -OCH3 is 1. The van der Waals surface area contributed by atoms with Gasteiger partial charge in [-0.3, -0.25) is 0 Å².